The number of fused-ring (bicyclic) bond motifs is 4. The lowest BCUT2D eigenvalue weighted by molar-refractivity contribution is -0.148. The number of carbonyl (C=O) groups is 2. The molecule has 50 heavy (non-hydrogen) atoms. The molecule has 7 rings (SSSR count). The van der Waals surface area contributed by atoms with Gasteiger partial charge in [0, 0.05) is 57.1 Å². The molecule has 1 spiro atoms. The van der Waals surface area contributed by atoms with Gasteiger partial charge in [0.2, 0.25) is 10.9 Å². The highest BCUT2D eigenvalue weighted by Crippen LogP contribution is 2.48. The van der Waals surface area contributed by atoms with Crippen molar-refractivity contribution < 1.29 is 37.0 Å². The van der Waals surface area contributed by atoms with E-state index in [4.69, 9.17) is 21.1 Å². The molecule has 270 valence electrons. The maximum Gasteiger partial charge on any atom is 0.270 e. The topological polar surface area (TPSA) is 125 Å². The number of nitrogens with zero attached hydrogens (tertiary/aromatic N) is 2. The summed E-state index contributed by atoms with van der Waals surface area (Å²) in [7, 11) is -1.48. The van der Waals surface area contributed by atoms with Crippen molar-refractivity contribution in [2.24, 2.45) is 11.8 Å². The Balaban J connectivity index is 1.34. The van der Waals surface area contributed by atoms with Gasteiger partial charge in [-0.3, -0.25) is 9.59 Å². The van der Waals surface area contributed by atoms with Crippen LogP contribution < -0.4 is 14.4 Å². The maximum absolute atomic E-state index is 14.8. The minimum absolute atomic E-state index is 0.0155. The van der Waals surface area contributed by atoms with E-state index < -0.39 is 38.9 Å². The highest BCUT2D eigenvalue weighted by molar-refractivity contribution is 7.91. The van der Waals surface area contributed by atoms with Crippen LogP contribution in [0.5, 0.6) is 5.75 Å². The number of benzene rings is 2. The molecule has 0 unspecified atom stereocenters. The molecule has 0 saturated heterocycles. The molecular formula is C37H45ClFN3O7S. The number of rotatable bonds is 4. The van der Waals surface area contributed by atoms with Crippen LogP contribution in [-0.4, -0.2) is 81.7 Å². The number of amides is 2. The van der Waals surface area contributed by atoms with Gasteiger partial charge in [-0.1, -0.05) is 35.9 Å². The number of halogens is 2. The van der Waals surface area contributed by atoms with Crippen molar-refractivity contribution in [2.45, 2.75) is 79.9 Å². The Hall–Kier alpha value is -3.19. The normalized spacial score (nSPS) is 30.7. The Morgan fingerprint density at radius 1 is 1.16 bits per heavy atom. The number of alkyl halides is 1. The first-order valence-electron chi connectivity index (χ1n) is 17.5. The van der Waals surface area contributed by atoms with Crippen molar-refractivity contribution in [3.63, 3.8) is 0 Å². The van der Waals surface area contributed by atoms with Crippen molar-refractivity contribution in [2.75, 3.05) is 45.3 Å². The van der Waals surface area contributed by atoms with Crippen molar-refractivity contribution in [1.82, 2.24) is 9.62 Å². The molecule has 2 heterocycles. The lowest BCUT2D eigenvalue weighted by Gasteiger charge is -2.46. The van der Waals surface area contributed by atoms with Crippen LogP contribution in [0.15, 0.2) is 48.6 Å². The Labute approximate surface area is 298 Å². The van der Waals surface area contributed by atoms with Gasteiger partial charge in [0.25, 0.3) is 15.9 Å². The Morgan fingerprint density at radius 3 is 2.68 bits per heavy atom. The fourth-order valence-electron chi connectivity index (χ4n) is 8.26. The lowest BCUT2D eigenvalue weighted by atomic mass is 9.68. The van der Waals surface area contributed by atoms with E-state index in [1.165, 1.54) is 22.1 Å². The van der Waals surface area contributed by atoms with Gasteiger partial charge in [0.1, 0.15) is 5.75 Å². The molecule has 2 aromatic rings. The van der Waals surface area contributed by atoms with E-state index in [9.17, 15) is 27.5 Å². The van der Waals surface area contributed by atoms with Crippen LogP contribution >= 0.6 is 11.6 Å². The van der Waals surface area contributed by atoms with Gasteiger partial charge in [-0.25, -0.2) is 17.5 Å². The predicted octanol–water partition coefficient (Wildman–Crippen LogP) is 4.76. The molecule has 2 bridgehead atoms. The number of nitrogens with one attached hydrogen (secondary N) is 1. The van der Waals surface area contributed by atoms with Gasteiger partial charge >= 0.3 is 0 Å². The number of aliphatic hydroxyl groups is 1. The van der Waals surface area contributed by atoms with E-state index in [0.717, 1.165) is 32.1 Å². The molecule has 13 heteroatoms. The zero-order valence-corrected chi connectivity index (χ0v) is 30.1. The third-order valence-corrected chi connectivity index (χ3v) is 13.7. The fraction of sp³-hybridized carbons (Fsp3) is 0.568. The number of hydrogen-bond donors (Lipinski definition) is 2. The monoisotopic (exact) mass is 729 g/mol. The van der Waals surface area contributed by atoms with Crippen LogP contribution in [0.1, 0.15) is 68.1 Å². The van der Waals surface area contributed by atoms with Gasteiger partial charge < -0.3 is 24.4 Å². The minimum Gasteiger partial charge on any atom is -0.490 e. The molecule has 10 nitrogen and oxygen atoms in total. The summed E-state index contributed by atoms with van der Waals surface area (Å²) in [6.45, 7) is 1.92. The second-order valence-corrected chi connectivity index (χ2v) is 17.3. The number of hydrogen-bond acceptors (Lipinski definition) is 8. The highest BCUT2D eigenvalue weighted by Gasteiger charge is 2.58. The Morgan fingerprint density at radius 2 is 1.96 bits per heavy atom. The largest absolute Gasteiger partial charge is 0.490 e. The summed E-state index contributed by atoms with van der Waals surface area (Å²) >= 11 is 6.43. The highest BCUT2D eigenvalue weighted by atomic mass is 35.5. The van der Waals surface area contributed by atoms with E-state index >= 15 is 0 Å². The molecule has 0 radical (unpaired) electrons. The minimum atomic E-state index is -4.77. The Bertz CT molecular complexity index is 1820. The molecule has 2 saturated carbocycles. The van der Waals surface area contributed by atoms with Crippen LogP contribution in [0.4, 0.5) is 10.1 Å². The average molecular weight is 730 g/mol. The van der Waals surface area contributed by atoms with E-state index in [0.29, 0.717) is 49.1 Å². The molecular weight excluding hydrogens is 685 g/mol. The van der Waals surface area contributed by atoms with Gasteiger partial charge in [0.15, 0.2) is 5.60 Å². The fourth-order valence-corrected chi connectivity index (χ4v) is 9.69. The first-order valence-corrected chi connectivity index (χ1v) is 19.4. The summed E-state index contributed by atoms with van der Waals surface area (Å²) in [6.07, 6.45) is 7.95. The quantitative estimate of drug-likeness (QED) is 0.432. The Kier molecular flexibility index (Phi) is 9.23. The molecule has 2 aromatic carbocycles. The first kappa shape index (κ1) is 35.2. The van der Waals surface area contributed by atoms with Gasteiger partial charge in [-0.2, -0.15) is 0 Å². The molecule has 2 aliphatic heterocycles. The van der Waals surface area contributed by atoms with Crippen LogP contribution in [0.2, 0.25) is 5.02 Å². The second kappa shape index (κ2) is 13.1. The summed E-state index contributed by atoms with van der Waals surface area (Å²) in [5.41, 5.74) is 0.0126. The zero-order valence-electron chi connectivity index (χ0n) is 28.5. The number of methoxy groups -OCH3 is 1. The standard InChI is InChI=1S/C37H45ClFN3O7S/c1-41-17-4-3-7-31(48-2)28-11-8-25(28)21-42-22-35(14-5-6-24-18-27(38)10-12-29(24)35)23-49-32-13-9-26(19-30(32)42)37(45,20-33(41)43)34(44)40-50(46,47)36(39)15-16-36/h3,7,9-10,12-13,18-19,25,28,31,45H,4-6,8,11,14-17,20-23H2,1-2H3,(H,40,44)/t25-,28+,31-,35-,37+/m0/s1. The van der Waals surface area contributed by atoms with E-state index in [1.807, 2.05) is 18.2 Å². The van der Waals surface area contributed by atoms with E-state index in [1.54, 1.807) is 31.0 Å². The summed E-state index contributed by atoms with van der Waals surface area (Å²) in [6, 6.07) is 10.8. The van der Waals surface area contributed by atoms with Crippen LogP contribution in [0.3, 0.4) is 0 Å². The third kappa shape index (κ3) is 6.30. The van der Waals surface area contributed by atoms with Gasteiger partial charge in [0.05, 0.1) is 24.8 Å². The molecule has 5 aliphatic rings. The molecule has 3 aliphatic carbocycles. The van der Waals surface area contributed by atoms with E-state index in [2.05, 4.69) is 17.0 Å². The first-order chi connectivity index (χ1) is 23.8. The number of aryl methyl sites for hydroxylation is 1. The summed E-state index contributed by atoms with van der Waals surface area (Å²) < 4.78 is 54.9. The summed E-state index contributed by atoms with van der Waals surface area (Å²) in [5, 5.41) is 10.3. The van der Waals surface area contributed by atoms with Crippen molar-refractivity contribution in [3.05, 3.63) is 70.3 Å². The van der Waals surface area contributed by atoms with Gasteiger partial charge in [-0.15, -0.1) is 0 Å². The number of anilines is 1. The molecule has 0 aromatic heterocycles. The molecule has 2 N–H and O–H groups in total. The number of ether oxygens (including phenoxy) is 2. The molecule has 2 amide bonds. The molecule has 5 atom stereocenters. The third-order valence-electron chi connectivity index (χ3n) is 11.7. The number of carbonyl (C=O) groups excluding carboxylic acids is 2. The van der Waals surface area contributed by atoms with Crippen molar-refractivity contribution in [1.29, 1.82) is 0 Å². The second-order valence-electron chi connectivity index (χ2n) is 14.9. The average Bonchev–Trinajstić information content (AvgIpc) is 3.86. The summed E-state index contributed by atoms with van der Waals surface area (Å²) in [4.78, 5) is 31.1. The van der Waals surface area contributed by atoms with Gasteiger partial charge in [-0.05, 0) is 91.3 Å². The van der Waals surface area contributed by atoms with Crippen molar-refractivity contribution in [3.8, 4) is 5.75 Å². The van der Waals surface area contributed by atoms with Crippen LogP contribution in [0.25, 0.3) is 0 Å². The lowest BCUT2D eigenvalue weighted by Crippen LogP contribution is -2.51. The van der Waals surface area contributed by atoms with E-state index in [-0.39, 0.29) is 41.8 Å². The number of sulfonamides is 1. The predicted molar refractivity (Wildman–Crippen MR) is 187 cm³/mol. The smallest absolute Gasteiger partial charge is 0.270 e. The van der Waals surface area contributed by atoms with Crippen LogP contribution in [0, 0.1) is 11.8 Å². The molecule has 2 fully saturated rings. The van der Waals surface area contributed by atoms with Crippen LogP contribution in [-0.2, 0) is 41.8 Å². The SMILES string of the molecule is CO[C@H]1C=CCCN(C)C(=O)C[C@](O)(C(=O)NS(=O)(=O)C2(F)CC2)c2ccc3c(c2)N(C[C@@H]2CC[C@H]21)C[C@@]1(CCCc2cc(Cl)ccc21)CO3. The maximum atomic E-state index is 14.8. The summed E-state index contributed by atoms with van der Waals surface area (Å²) in [5.74, 6) is -0.874. The zero-order chi connectivity index (χ0) is 35.5. The van der Waals surface area contributed by atoms with Crippen molar-refractivity contribution >= 4 is 39.1 Å².